The molecule has 2 amide bonds. The molecule has 3 rings (SSSR count). The summed E-state index contributed by atoms with van der Waals surface area (Å²) in [6.45, 7) is 0.234. The van der Waals surface area contributed by atoms with Gasteiger partial charge >= 0.3 is 6.18 Å². The molecule has 0 saturated carbocycles. The molecule has 2 aromatic heterocycles. The quantitative estimate of drug-likeness (QED) is 0.779. The highest BCUT2D eigenvalue weighted by atomic mass is 32.1. The summed E-state index contributed by atoms with van der Waals surface area (Å²) in [5.41, 5.74) is 5.71. The molecular weight excluding hydrogens is 381 g/mol. The fraction of sp³-hybridized carbons (Fsp3) is 0.471. The van der Waals surface area contributed by atoms with E-state index in [0.29, 0.717) is 36.2 Å². The van der Waals surface area contributed by atoms with Gasteiger partial charge in [-0.1, -0.05) is 0 Å². The van der Waals surface area contributed by atoms with E-state index in [0.717, 1.165) is 24.2 Å². The van der Waals surface area contributed by atoms with Crippen molar-refractivity contribution in [1.29, 1.82) is 0 Å². The summed E-state index contributed by atoms with van der Waals surface area (Å²) in [4.78, 5) is 23.6. The predicted molar refractivity (Wildman–Crippen MR) is 94.6 cm³/mol. The molecule has 10 heteroatoms. The molecule has 27 heavy (non-hydrogen) atoms. The van der Waals surface area contributed by atoms with Crippen molar-refractivity contribution in [2.75, 3.05) is 5.32 Å². The maximum atomic E-state index is 13.2. The molecule has 0 unspecified atom stereocenters. The van der Waals surface area contributed by atoms with E-state index in [1.807, 2.05) is 0 Å². The number of hydrogen-bond donors (Lipinski definition) is 2. The summed E-state index contributed by atoms with van der Waals surface area (Å²) in [6.07, 6.45) is -1.50. The Hall–Kier alpha value is -2.36. The number of aromatic nitrogens is 2. The van der Waals surface area contributed by atoms with Crippen LogP contribution in [0.2, 0.25) is 0 Å². The van der Waals surface area contributed by atoms with Gasteiger partial charge in [0.2, 0.25) is 5.91 Å². The molecule has 0 aromatic carbocycles. The molecule has 6 nitrogen and oxygen atoms in total. The maximum absolute atomic E-state index is 13.2. The molecule has 1 aliphatic carbocycles. The third-order valence-electron chi connectivity index (χ3n) is 4.46. The number of aryl methyl sites for hydroxylation is 1. The van der Waals surface area contributed by atoms with E-state index in [4.69, 9.17) is 5.73 Å². The molecule has 0 atom stereocenters. The number of amides is 2. The van der Waals surface area contributed by atoms with Crippen molar-refractivity contribution in [2.24, 2.45) is 5.73 Å². The average Bonchev–Trinajstić information content (AvgIpc) is 3.19. The summed E-state index contributed by atoms with van der Waals surface area (Å²) >= 11 is 1.13. The molecular formula is C17H19F3N4O2S. The van der Waals surface area contributed by atoms with Crippen LogP contribution in [0.25, 0.3) is 0 Å². The molecule has 1 aliphatic rings. The van der Waals surface area contributed by atoms with Gasteiger partial charge in [0, 0.05) is 24.2 Å². The number of alkyl halides is 3. The highest BCUT2D eigenvalue weighted by molar-refractivity contribution is 7.12. The Kier molecular flexibility index (Phi) is 5.54. The number of nitrogens with zero attached hydrogens (tertiary/aromatic N) is 2. The van der Waals surface area contributed by atoms with Gasteiger partial charge in [0.1, 0.15) is 4.88 Å². The molecule has 0 spiro atoms. The molecule has 0 fully saturated rings. The Morgan fingerprint density at radius 1 is 1.30 bits per heavy atom. The minimum absolute atomic E-state index is 0.101. The Balaban J connectivity index is 1.62. The zero-order valence-electron chi connectivity index (χ0n) is 14.4. The number of thiophene rings is 1. The lowest BCUT2D eigenvalue weighted by Gasteiger charge is -2.14. The molecule has 146 valence electrons. The van der Waals surface area contributed by atoms with Crippen molar-refractivity contribution < 1.29 is 22.8 Å². The second-order valence-corrected chi connectivity index (χ2v) is 7.30. The number of primary amides is 1. The van der Waals surface area contributed by atoms with Crippen molar-refractivity contribution >= 4 is 28.8 Å². The Labute approximate surface area is 157 Å². The number of fused-ring (bicyclic) bond motifs is 1. The van der Waals surface area contributed by atoms with Crippen LogP contribution in [0.1, 0.15) is 52.3 Å². The van der Waals surface area contributed by atoms with Gasteiger partial charge < -0.3 is 11.1 Å². The summed E-state index contributed by atoms with van der Waals surface area (Å²) in [7, 11) is 0. The van der Waals surface area contributed by atoms with Crippen LogP contribution in [0, 0.1) is 0 Å². The maximum Gasteiger partial charge on any atom is 0.435 e. The van der Waals surface area contributed by atoms with Gasteiger partial charge in [-0.3, -0.25) is 14.3 Å². The van der Waals surface area contributed by atoms with Crippen molar-refractivity contribution in [1.82, 2.24) is 9.78 Å². The van der Waals surface area contributed by atoms with Crippen molar-refractivity contribution in [2.45, 2.75) is 51.2 Å². The van der Waals surface area contributed by atoms with Gasteiger partial charge in [0.15, 0.2) is 5.69 Å². The van der Waals surface area contributed by atoms with Crippen LogP contribution in [0.3, 0.4) is 0 Å². The number of nitrogens with one attached hydrogen (secondary N) is 1. The lowest BCUT2D eigenvalue weighted by atomic mass is 9.95. The van der Waals surface area contributed by atoms with Crippen molar-refractivity contribution in [3.05, 3.63) is 33.3 Å². The van der Waals surface area contributed by atoms with E-state index in [9.17, 15) is 22.8 Å². The van der Waals surface area contributed by atoms with Gasteiger partial charge in [-0.15, -0.1) is 11.3 Å². The van der Waals surface area contributed by atoms with Gasteiger partial charge in [-0.25, -0.2) is 0 Å². The minimum atomic E-state index is -4.46. The minimum Gasteiger partial charge on any atom is -0.365 e. The Morgan fingerprint density at radius 3 is 2.74 bits per heavy atom. The lowest BCUT2D eigenvalue weighted by Crippen LogP contribution is -2.17. The van der Waals surface area contributed by atoms with E-state index in [-0.39, 0.29) is 23.7 Å². The van der Waals surface area contributed by atoms with E-state index in [2.05, 4.69) is 10.4 Å². The Morgan fingerprint density at radius 2 is 2.04 bits per heavy atom. The van der Waals surface area contributed by atoms with Crippen LogP contribution in [0.5, 0.6) is 0 Å². The van der Waals surface area contributed by atoms with Crippen molar-refractivity contribution in [3.8, 4) is 0 Å². The highest BCUT2D eigenvalue weighted by Crippen LogP contribution is 2.35. The lowest BCUT2D eigenvalue weighted by molar-refractivity contribution is -0.142. The van der Waals surface area contributed by atoms with E-state index < -0.39 is 17.8 Å². The van der Waals surface area contributed by atoms with Crippen LogP contribution in [0.4, 0.5) is 18.9 Å². The third-order valence-corrected chi connectivity index (χ3v) is 5.39. The molecule has 0 bridgehead atoms. The van der Waals surface area contributed by atoms with E-state index >= 15 is 0 Å². The molecule has 0 aliphatic heterocycles. The number of carbonyl (C=O) groups is 2. The van der Waals surface area contributed by atoms with Gasteiger partial charge in [0.25, 0.3) is 5.91 Å². The average molecular weight is 400 g/mol. The molecule has 0 saturated heterocycles. The van der Waals surface area contributed by atoms with Gasteiger partial charge in [-0.05, 0) is 43.6 Å². The first kappa shape index (κ1) is 19.4. The third kappa shape index (κ3) is 4.32. The predicted octanol–water partition coefficient (Wildman–Crippen LogP) is 3.36. The highest BCUT2D eigenvalue weighted by Gasteiger charge is 2.39. The number of hydrogen-bond acceptors (Lipinski definition) is 4. The van der Waals surface area contributed by atoms with Gasteiger partial charge in [0.05, 0.1) is 5.69 Å². The summed E-state index contributed by atoms with van der Waals surface area (Å²) < 4.78 is 40.9. The standard InChI is InChI=1S/C17H19F3N4O2S/c18-17(19,20)15-10-4-1-2-5-12(10)24(23-15)8-3-6-13(25)22-11-7-9-27-14(11)16(21)26/h7,9H,1-6,8H2,(H2,21,26)(H,22,25). The topological polar surface area (TPSA) is 90.0 Å². The fourth-order valence-corrected chi connectivity index (χ4v) is 3.99. The Bertz CT molecular complexity index is 857. The van der Waals surface area contributed by atoms with Crippen LogP contribution in [0.15, 0.2) is 11.4 Å². The zero-order valence-corrected chi connectivity index (χ0v) is 15.3. The first-order chi connectivity index (χ1) is 12.8. The van der Waals surface area contributed by atoms with Crippen molar-refractivity contribution in [3.63, 3.8) is 0 Å². The largest absolute Gasteiger partial charge is 0.435 e. The first-order valence-electron chi connectivity index (χ1n) is 8.60. The number of rotatable bonds is 6. The molecule has 2 heterocycles. The van der Waals surface area contributed by atoms with E-state index in [1.54, 1.807) is 11.4 Å². The van der Waals surface area contributed by atoms with Crippen LogP contribution in [-0.2, 0) is 30.4 Å². The van der Waals surface area contributed by atoms with Gasteiger partial charge in [-0.2, -0.15) is 18.3 Å². The second kappa shape index (κ2) is 7.71. The summed E-state index contributed by atoms with van der Waals surface area (Å²) in [5.74, 6) is -0.948. The molecule has 0 radical (unpaired) electrons. The number of halogens is 3. The first-order valence-corrected chi connectivity index (χ1v) is 9.48. The number of carbonyl (C=O) groups excluding carboxylic acids is 2. The fourth-order valence-electron chi connectivity index (χ4n) is 3.28. The zero-order chi connectivity index (χ0) is 19.6. The summed E-state index contributed by atoms with van der Waals surface area (Å²) in [5, 5.41) is 8.03. The number of nitrogens with two attached hydrogens (primary N) is 1. The normalized spacial score (nSPS) is 14.0. The number of anilines is 1. The second-order valence-electron chi connectivity index (χ2n) is 6.38. The molecule has 2 aromatic rings. The summed E-state index contributed by atoms with van der Waals surface area (Å²) in [6, 6.07) is 1.59. The smallest absolute Gasteiger partial charge is 0.365 e. The van der Waals surface area contributed by atoms with Crippen LogP contribution < -0.4 is 11.1 Å². The SMILES string of the molecule is NC(=O)c1sccc1NC(=O)CCCn1nc(C(F)(F)F)c2c1CCCC2. The van der Waals surface area contributed by atoms with Crippen LogP contribution >= 0.6 is 11.3 Å². The van der Waals surface area contributed by atoms with E-state index in [1.165, 1.54) is 4.68 Å². The monoisotopic (exact) mass is 400 g/mol. The van der Waals surface area contributed by atoms with Crippen LogP contribution in [-0.4, -0.2) is 21.6 Å². The molecule has 3 N–H and O–H groups in total.